The highest BCUT2D eigenvalue weighted by Crippen LogP contribution is 2.20. The average molecular weight is 285 g/mol. The first kappa shape index (κ1) is 16.0. The SMILES string of the molecule is CCN(CCSc1ccccc1F)CCC(=O)OC. The van der Waals surface area contributed by atoms with Crippen LogP contribution in [0.2, 0.25) is 0 Å². The summed E-state index contributed by atoms with van der Waals surface area (Å²) in [5, 5.41) is 0. The van der Waals surface area contributed by atoms with Crippen LogP contribution in [-0.2, 0) is 9.53 Å². The van der Waals surface area contributed by atoms with Crippen LogP contribution in [0.1, 0.15) is 13.3 Å². The van der Waals surface area contributed by atoms with Gasteiger partial charge in [0.1, 0.15) is 5.82 Å². The summed E-state index contributed by atoms with van der Waals surface area (Å²) < 4.78 is 18.0. The molecule has 0 aliphatic carbocycles. The molecule has 0 N–H and O–H groups in total. The molecule has 0 amide bonds. The Balaban J connectivity index is 2.30. The molecule has 0 spiro atoms. The molecular formula is C14H20FNO2S. The predicted molar refractivity (Wildman–Crippen MR) is 75.9 cm³/mol. The third kappa shape index (κ3) is 6.07. The van der Waals surface area contributed by atoms with Gasteiger partial charge in [-0.1, -0.05) is 19.1 Å². The summed E-state index contributed by atoms with van der Waals surface area (Å²) in [6.07, 6.45) is 0.398. The number of rotatable bonds is 8. The molecule has 19 heavy (non-hydrogen) atoms. The summed E-state index contributed by atoms with van der Waals surface area (Å²) in [6.45, 7) is 4.42. The summed E-state index contributed by atoms with van der Waals surface area (Å²) in [5.74, 6) is 0.431. The van der Waals surface area contributed by atoms with Crippen LogP contribution in [0.5, 0.6) is 0 Å². The van der Waals surface area contributed by atoms with Gasteiger partial charge in [0, 0.05) is 23.7 Å². The van der Waals surface area contributed by atoms with Crippen molar-refractivity contribution in [3.8, 4) is 0 Å². The van der Waals surface area contributed by atoms with Crippen molar-refractivity contribution in [3.63, 3.8) is 0 Å². The molecule has 1 aromatic rings. The van der Waals surface area contributed by atoms with Crippen LogP contribution < -0.4 is 0 Å². The van der Waals surface area contributed by atoms with Gasteiger partial charge in [0.25, 0.3) is 0 Å². The van der Waals surface area contributed by atoms with Crippen LogP contribution in [0.3, 0.4) is 0 Å². The Morgan fingerprint density at radius 3 is 2.74 bits per heavy atom. The molecule has 0 aromatic heterocycles. The van der Waals surface area contributed by atoms with Gasteiger partial charge in [0.2, 0.25) is 0 Å². The lowest BCUT2D eigenvalue weighted by atomic mass is 10.3. The molecule has 0 bridgehead atoms. The van der Waals surface area contributed by atoms with Crippen LogP contribution >= 0.6 is 11.8 Å². The highest BCUT2D eigenvalue weighted by Gasteiger charge is 2.07. The van der Waals surface area contributed by atoms with Crippen molar-refractivity contribution in [2.75, 3.05) is 32.5 Å². The first-order chi connectivity index (χ1) is 9.17. The van der Waals surface area contributed by atoms with Crippen molar-refractivity contribution < 1.29 is 13.9 Å². The van der Waals surface area contributed by atoms with E-state index in [0.29, 0.717) is 17.9 Å². The topological polar surface area (TPSA) is 29.5 Å². The zero-order valence-corrected chi connectivity index (χ0v) is 12.2. The molecule has 1 rings (SSSR count). The van der Waals surface area contributed by atoms with E-state index in [0.717, 1.165) is 18.8 Å². The van der Waals surface area contributed by atoms with Crippen LogP contribution in [0.25, 0.3) is 0 Å². The molecule has 0 aliphatic heterocycles. The van der Waals surface area contributed by atoms with Gasteiger partial charge < -0.3 is 9.64 Å². The van der Waals surface area contributed by atoms with Gasteiger partial charge in [-0.3, -0.25) is 4.79 Å². The Morgan fingerprint density at radius 2 is 2.11 bits per heavy atom. The van der Waals surface area contributed by atoms with E-state index in [1.807, 2.05) is 13.0 Å². The zero-order chi connectivity index (χ0) is 14.1. The Hall–Kier alpha value is -1.07. The quantitative estimate of drug-likeness (QED) is 0.542. The molecule has 106 valence electrons. The molecule has 5 heteroatoms. The van der Waals surface area contributed by atoms with E-state index in [9.17, 15) is 9.18 Å². The van der Waals surface area contributed by atoms with Crippen molar-refractivity contribution >= 4 is 17.7 Å². The number of hydrogen-bond donors (Lipinski definition) is 0. The molecule has 0 saturated heterocycles. The normalized spacial score (nSPS) is 10.7. The summed E-state index contributed by atoms with van der Waals surface area (Å²) in [5.41, 5.74) is 0. The van der Waals surface area contributed by atoms with Gasteiger partial charge >= 0.3 is 5.97 Å². The largest absolute Gasteiger partial charge is 0.469 e. The fourth-order valence-corrected chi connectivity index (χ4v) is 2.58. The number of benzene rings is 1. The smallest absolute Gasteiger partial charge is 0.306 e. The summed E-state index contributed by atoms with van der Waals surface area (Å²) in [4.78, 5) is 13.9. The van der Waals surface area contributed by atoms with E-state index in [2.05, 4.69) is 9.64 Å². The van der Waals surface area contributed by atoms with Crippen molar-refractivity contribution in [1.29, 1.82) is 0 Å². The lowest BCUT2D eigenvalue weighted by Gasteiger charge is -2.19. The van der Waals surface area contributed by atoms with E-state index in [1.54, 1.807) is 12.1 Å². The van der Waals surface area contributed by atoms with Crippen molar-refractivity contribution in [2.45, 2.75) is 18.2 Å². The van der Waals surface area contributed by atoms with Gasteiger partial charge in [-0.05, 0) is 18.7 Å². The number of halogens is 1. The molecule has 0 unspecified atom stereocenters. The molecule has 0 saturated carbocycles. The van der Waals surface area contributed by atoms with E-state index >= 15 is 0 Å². The highest BCUT2D eigenvalue weighted by atomic mass is 32.2. The summed E-state index contributed by atoms with van der Waals surface area (Å²) >= 11 is 1.50. The number of carbonyl (C=O) groups is 1. The van der Waals surface area contributed by atoms with Gasteiger partial charge in [0.15, 0.2) is 0 Å². The second-order valence-electron chi connectivity index (χ2n) is 4.04. The Kier molecular flexibility index (Phi) is 7.52. The summed E-state index contributed by atoms with van der Waals surface area (Å²) in [6, 6.07) is 6.77. The minimum Gasteiger partial charge on any atom is -0.469 e. The maximum absolute atomic E-state index is 13.4. The Labute approximate surface area is 118 Å². The van der Waals surface area contributed by atoms with Crippen LogP contribution in [0.15, 0.2) is 29.2 Å². The second-order valence-corrected chi connectivity index (χ2v) is 5.18. The highest BCUT2D eigenvalue weighted by molar-refractivity contribution is 7.99. The van der Waals surface area contributed by atoms with E-state index in [-0.39, 0.29) is 11.8 Å². The van der Waals surface area contributed by atoms with Crippen molar-refractivity contribution in [3.05, 3.63) is 30.1 Å². The number of hydrogen-bond acceptors (Lipinski definition) is 4. The maximum Gasteiger partial charge on any atom is 0.306 e. The maximum atomic E-state index is 13.4. The molecule has 0 atom stereocenters. The van der Waals surface area contributed by atoms with Crippen molar-refractivity contribution in [2.24, 2.45) is 0 Å². The Morgan fingerprint density at radius 1 is 1.37 bits per heavy atom. The predicted octanol–water partition coefficient (Wildman–Crippen LogP) is 2.80. The Bertz CT molecular complexity index is 401. The third-order valence-electron chi connectivity index (χ3n) is 2.81. The molecule has 1 aromatic carbocycles. The number of nitrogens with zero attached hydrogens (tertiary/aromatic N) is 1. The first-order valence-electron chi connectivity index (χ1n) is 6.33. The van der Waals surface area contributed by atoms with E-state index in [1.165, 1.54) is 24.9 Å². The van der Waals surface area contributed by atoms with Crippen LogP contribution in [0.4, 0.5) is 4.39 Å². The molecular weight excluding hydrogens is 265 g/mol. The fourth-order valence-electron chi connectivity index (χ4n) is 1.63. The van der Waals surface area contributed by atoms with E-state index in [4.69, 9.17) is 0 Å². The lowest BCUT2D eigenvalue weighted by Crippen LogP contribution is -2.28. The first-order valence-corrected chi connectivity index (χ1v) is 7.32. The minimum absolute atomic E-state index is 0.176. The molecule has 0 heterocycles. The number of ether oxygens (including phenoxy) is 1. The standard InChI is InChI=1S/C14H20FNO2S/c1-3-16(9-8-14(17)18-2)10-11-19-13-7-5-4-6-12(13)15/h4-7H,3,8-11H2,1-2H3. The fraction of sp³-hybridized carbons (Fsp3) is 0.500. The number of methoxy groups -OCH3 is 1. The third-order valence-corrected chi connectivity index (χ3v) is 3.84. The summed E-state index contributed by atoms with van der Waals surface area (Å²) in [7, 11) is 1.40. The molecule has 0 fully saturated rings. The van der Waals surface area contributed by atoms with E-state index < -0.39 is 0 Å². The lowest BCUT2D eigenvalue weighted by molar-refractivity contribution is -0.140. The number of esters is 1. The van der Waals surface area contributed by atoms with Crippen LogP contribution in [-0.4, -0.2) is 43.4 Å². The minimum atomic E-state index is -0.194. The molecule has 3 nitrogen and oxygen atoms in total. The number of thioether (sulfide) groups is 1. The average Bonchev–Trinajstić information content (AvgIpc) is 2.44. The van der Waals surface area contributed by atoms with Crippen molar-refractivity contribution in [1.82, 2.24) is 4.90 Å². The van der Waals surface area contributed by atoms with Gasteiger partial charge in [0.05, 0.1) is 13.5 Å². The zero-order valence-electron chi connectivity index (χ0n) is 11.4. The van der Waals surface area contributed by atoms with Gasteiger partial charge in [-0.15, -0.1) is 11.8 Å². The van der Waals surface area contributed by atoms with Gasteiger partial charge in [-0.25, -0.2) is 4.39 Å². The molecule has 0 aliphatic rings. The second kappa shape index (κ2) is 8.93. The molecule has 0 radical (unpaired) electrons. The van der Waals surface area contributed by atoms with Crippen LogP contribution in [0, 0.1) is 5.82 Å². The van der Waals surface area contributed by atoms with Gasteiger partial charge in [-0.2, -0.15) is 0 Å². The monoisotopic (exact) mass is 285 g/mol. The number of carbonyl (C=O) groups excluding carboxylic acids is 1.